The van der Waals surface area contributed by atoms with Gasteiger partial charge in [-0.2, -0.15) is 13.2 Å². The van der Waals surface area contributed by atoms with Crippen molar-refractivity contribution in [2.75, 3.05) is 12.4 Å². The molecule has 3 rings (SSSR count). The van der Waals surface area contributed by atoms with Crippen LogP contribution in [0.2, 0.25) is 0 Å². The Morgan fingerprint density at radius 3 is 2.57 bits per heavy atom. The van der Waals surface area contributed by atoms with Gasteiger partial charge in [0.05, 0.1) is 19.0 Å². The van der Waals surface area contributed by atoms with Crippen LogP contribution in [0.3, 0.4) is 0 Å². The number of halogens is 3. The molecular weight excluding hydrogens is 371 g/mol. The Bertz CT molecular complexity index is 1050. The van der Waals surface area contributed by atoms with Crippen LogP contribution < -0.4 is 10.1 Å². The lowest BCUT2D eigenvalue weighted by molar-refractivity contribution is -0.140. The number of H-pyrrole nitrogens is 1. The van der Waals surface area contributed by atoms with Gasteiger partial charge in [0.25, 0.3) is 0 Å². The summed E-state index contributed by atoms with van der Waals surface area (Å²) in [6, 6.07) is 13.5. The van der Waals surface area contributed by atoms with Crippen LogP contribution in [0, 0.1) is 11.8 Å². The molecule has 5 nitrogen and oxygen atoms in total. The van der Waals surface area contributed by atoms with Crippen molar-refractivity contribution in [3.8, 4) is 29.0 Å². The van der Waals surface area contributed by atoms with Gasteiger partial charge in [0.1, 0.15) is 17.3 Å². The largest absolute Gasteiger partial charge is 0.495 e. The number of aromatic amines is 1. The Kier molecular flexibility index (Phi) is 5.36. The Labute approximate surface area is 158 Å². The molecule has 2 aromatic carbocycles. The predicted octanol–water partition coefficient (Wildman–Crippen LogP) is 4.09. The number of aromatic nitrogens is 2. The van der Waals surface area contributed by atoms with Crippen LogP contribution in [0.15, 0.2) is 54.7 Å². The summed E-state index contributed by atoms with van der Waals surface area (Å²) in [5, 5.41) is 2.58. The first-order valence-electron chi connectivity index (χ1n) is 8.05. The van der Waals surface area contributed by atoms with Crippen LogP contribution in [0.25, 0.3) is 11.4 Å². The number of nitrogens with one attached hydrogen (secondary N) is 2. The zero-order chi connectivity index (χ0) is 20.1. The first-order chi connectivity index (χ1) is 13.4. The molecule has 0 atom stereocenters. The van der Waals surface area contributed by atoms with Gasteiger partial charge in [0.2, 0.25) is 0 Å². The van der Waals surface area contributed by atoms with E-state index in [2.05, 4.69) is 27.1 Å². The molecular formula is C20H14F3N3O2. The number of amides is 1. The molecule has 0 aliphatic carbocycles. The molecule has 8 heteroatoms. The van der Waals surface area contributed by atoms with Gasteiger partial charge >= 0.3 is 12.1 Å². The highest BCUT2D eigenvalue weighted by molar-refractivity contribution is 6.05. The minimum absolute atomic E-state index is 0.0147. The van der Waals surface area contributed by atoms with E-state index in [1.54, 1.807) is 24.3 Å². The topological polar surface area (TPSA) is 67.0 Å². The number of hydrogen-bond donors (Lipinski definition) is 2. The average Bonchev–Trinajstić information content (AvgIpc) is 3.18. The number of ether oxygens (including phenoxy) is 1. The summed E-state index contributed by atoms with van der Waals surface area (Å²) >= 11 is 0. The minimum atomic E-state index is -4.53. The highest BCUT2D eigenvalue weighted by Crippen LogP contribution is 2.32. The number of hydrogen-bond acceptors (Lipinski definition) is 3. The fraction of sp³-hybridized carbons (Fsp3) is 0.100. The van der Waals surface area contributed by atoms with Gasteiger partial charge in [-0.1, -0.05) is 24.1 Å². The number of carbonyl (C=O) groups is 1. The summed E-state index contributed by atoms with van der Waals surface area (Å²) in [6.45, 7) is 0. The molecule has 0 unspecified atom stereocenters. The fourth-order valence-corrected chi connectivity index (χ4v) is 2.37. The lowest BCUT2D eigenvalue weighted by atomic mass is 10.1. The second kappa shape index (κ2) is 7.88. The quantitative estimate of drug-likeness (QED) is 0.668. The molecule has 0 aliphatic heterocycles. The summed E-state index contributed by atoms with van der Waals surface area (Å²) in [7, 11) is 1.41. The Morgan fingerprint density at radius 2 is 1.93 bits per heavy atom. The third-order valence-electron chi connectivity index (χ3n) is 3.70. The van der Waals surface area contributed by atoms with Gasteiger partial charge < -0.3 is 15.0 Å². The van der Waals surface area contributed by atoms with Crippen molar-refractivity contribution in [1.29, 1.82) is 0 Å². The standard InChI is InChI=1S/C20H14F3N3O2/c1-28-16-9-8-14(19-24-12-17(26-19)20(21,22)23)11-15(16)25-18(27)10-7-13-5-3-2-4-6-13/h2-6,8-9,11-12H,1H3,(H,24,26)(H,25,27). The maximum Gasteiger partial charge on any atom is 0.432 e. The average molecular weight is 385 g/mol. The van der Waals surface area contributed by atoms with Gasteiger partial charge in [-0.15, -0.1) is 0 Å². The second-order valence-electron chi connectivity index (χ2n) is 5.63. The molecule has 0 bridgehead atoms. The monoisotopic (exact) mass is 385 g/mol. The Morgan fingerprint density at radius 1 is 1.18 bits per heavy atom. The van der Waals surface area contributed by atoms with Gasteiger partial charge in [-0.25, -0.2) is 4.98 Å². The van der Waals surface area contributed by atoms with E-state index in [-0.39, 0.29) is 11.5 Å². The van der Waals surface area contributed by atoms with Crippen LogP contribution >= 0.6 is 0 Å². The number of rotatable bonds is 3. The van der Waals surface area contributed by atoms with E-state index in [1.165, 1.54) is 25.3 Å². The fourth-order valence-electron chi connectivity index (χ4n) is 2.37. The second-order valence-corrected chi connectivity index (χ2v) is 5.63. The number of imidazole rings is 1. The zero-order valence-corrected chi connectivity index (χ0v) is 14.6. The number of anilines is 1. The van der Waals surface area contributed by atoms with E-state index in [9.17, 15) is 18.0 Å². The van der Waals surface area contributed by atoms with Crippen LogP contribution in [0.5, 0.6) is 5.75 Å². The van der Waals surface area contributed by atoms with Crippen molar-refractivity contribution in [2.45, 2.75) is 6.18 Å². The van der Waals surface area contributed by atoms with Gasteiger partial charge in [0, 0.05) is 17.0 Å². The lowest BCUT2D eigenvalue weighted by Gasteiger charge is -2.10. The predicted molar refractivity (Wildman–Crippen MR) is 97.5 cm³/mol. The lowest BCUT2D eigenvalue weighted by Crippen LogP contribution is -2.10. The molecule has 0 fully saturated rings. The van der Waals surface area contributed by atoms with Crippen LogP contribution in [-0.2, 0) is 11.0 Å². The molecule has 1 heterocycles. The number of methoxy groups -OCH3 is 1. The minimum Gasteiger partial charge on any atom is -0.495 e. The van der Waals surface area contributed by atoms with Crippen LogP contribution in [0.1, 0.15) is 11.3 Å². The first kappa shape index (κ1) is 19.0. The van der Waals surface area contributed by atoms with Gasteiger partial charge in [-0.3, -0.25) is 4.79 Å². The van der Waals surface area contributed by atoms with Gasteiger partial charge in [-0.05, 0) is 30.3 Å². The molecule has 142 valence electrons. The number of carbonyl (C=O) groups excluding carboxylic acids is 1. The molecule has 3 aromatic rings. The van der Waals surface area contributed by atoms with Crippen molar-refractivity contribution in [3.05, 3.63) is 66.0 Å². The highest BCUT2D eigenvalue weighted by atomic mass is 19.4. The molecule has 1 amide bonds. The highest BCUT2D eigenvalue weighted by Gasteiger charge is 2.33. The van der Waals surface area contributed by atoms with Crippen LogP contribution in [-0.4, -0.2) is 23.0 Å². The van der Waals surface area contributed by atoms with Crippen molar-refractivity contribution in [3.63, 3.8) is 0 Å². The maximum atomic E-state index is 12.7. The van der Waals surface area contributed by atoms with Crippen molar-refractivity contribution in [1.82, 2.24) is 9.97 Å². The normalized spacial score (nSPS) is 10.7. The summed E-state index contributed by atoms with van der Waals surface area (Å²) in [4.78, 5) is 18.1. The molecule has 0 aliphatic rings. The third kappa shape index (κ3) is 4.51. The SMILES string of the molecule is COc1ccc(-c2ncc(C(F)(F)F)[nH]2)cc1NC(=O)C#Cc1ccccc1. The van der Waals surface area contributed by atoms with Crippen LogP contribution in [0.4, 0.5) is 18.9 Å². The molecule has 0 saturated carbocycles. The number of benzene rings is 2. The molecule has 0 saturated heterocycles. The van der Waals surface area contributed by atoms with E-state index in [4.69, 9.17) is 4.74 Å². The summed E-state index contributed by atoms with van der Waals surface area (Å²) < 4.78 is 43.4. The van der Waals surface area contributed by atoms with E-state index in [1.807, 2.05) is 6.07 Å². The van der Waals surface area contributed by atoms with E-state index in [0.717, 1.165) is 0 Å². The summed E-state index contributed by atoms with van der Waals surface area (Å²) in [6.07, 6.45) is -3.81. The number of alkyl halides is 3. The molecule has 0 radical (unpaired) electrons. The summed E-state index contributed by atoms with van der Waals surface area (Å²) in [5.74, 6) is 4.94. The van der Waals surface area contributed by atoms with Crippen molar-refractivity contribution in [2.24, 2.45) is 0 Å². The van der Waals surface area contributed by atoms with E-state index < -0.39 is 17.8 Å². The Balaban J connectivity index is 1.84. The Hall–Kier alpha value is -3.73. The molecule has 28 heavy (non-hydrogen) atoms. The maximum absolute atomic E-state index is 12.7. The molecule has 2 N–H and O–H groups in total. The summed E-state index contributed by atoms with van der Waals surface area (Å²) in [5.41, 5.74) is 0.325. The van der Waals surface area contributed by atoms with Gasteiger partial charge in [0.15, 0.2) is 0 Å². The first-order valence-corrected chi connectivity index (χ1v) is 8.05. The van der Waals surface area contributed by atoms with E-state index in [0.29, 0.717) is 23.1 Å². The van der Waals surface area contributed by atoms with Crippen molar-refractivity contribution < 1.29 is 22.7 Å². The molecule has 0 spiro atoms. The smallest absolute Gasteiger partial charge is 0.432 e. The van der Waals surface area contributed by atoms with E-state index >= 15 is 0 Å². The van der Waals surface area contributed by atoms with Crippen molar-refractivity contribution >= 4 is 11.6 Å². The third-order valence-corrected chi connectivity index (χ3v) is 3.70. The molecule has 1 aromatic heterocycles. The number of nitrogens with zero attached hydrogens (tertiary/aromatic N) is 1. The zero-order valence-electron chi connectivity index (χ0n) is 14.6.